The molecule has 0 aromatic carbocycles. The molecule has 96 valence electrons. The van der Waals surface area contributed by atoms with Crippen LogP contribution in [0.4, 0.5) is 0 Å². The highest BCUT2D eigenvalue weighted by atomic mass is 15.1. The molecular formula is C14H25N3. The van der Waals surface area contributed by atoms with E-state index in [2.05, 4.69) is 29.4 Å². The molecule has 1 aromatic rings. The molecule has 0 saturated heterocycles. The van der Waals surface area contributed by atoms with Gasteiger partial charge in [-0.3, -0.25) is 5.10 Å². The van der Waals surface area contributed by atoms with E-state index in [-0.39, 0.29) is 0 Å². The largest absolute Gasteiger partial charge is 0.313 e. The van der Waals surface area contributed by atoms with Crippen LogP contribution in [0, 0.1) is 18.8 Å². The van der Waals surface area contributed by atoms with Gasteiger partial charge in [0.1, 0.15) is 0 Å². The van der Waals surface area contributed by atoms with Gasteiger partial charge < -0.3 is 5.32 Å². The molecule has 2 N–H and O–H groups in total. The lowest BCUT2D eigenvalue weighted by Crippen LogP contribution is -2.21. The number of aromatic amines is 1. The summed E-state index contributed by atoms with van der Waals surface area (Å²) in [4.78, 5) is 0. The summed E-state index contributed by atoms with van der Waals surface area (Å²) in [5.74, 6) is 1.90. The van der Waals surface area contributed by atoms with Crippen LogP contribution in [0.1, 0.15) is 50.3 Å². The highest BCUT2D eigenvalue weighted by Crippen LogP contribution is 2.30. The van der Waals surface area contributed by atoms with Crippen LogP contribution in [-0.2, 0) is 6.54 Å². The van der Waals surface area contributed by atoms with Gasteiger partial charge in [-0.15, -0.1) is 0 Å². The third kappa shape index (κ3) is 3.84. The second-order valence-corrected chi connectivity index (χ2v) is 5.62. The molecule has 2 rings (SSSR count). The van der Waals surface area contributed by atoms with Crippen LogP contribution in [0.25, 0.3) is 0 Å². The maximum atomic E-state index is 4.04. The van der Waals surface area contributed by atoms with Gasteiger partial charge in [-0.2, -0.15) is 5.10 Å². The van der Waals surface area contributed by atoms with E-state index in [1.54, 1.807) is 0 Å². The minimum Gasteiger partial charge on any atom is -0.313 e. The standard InChI is InChI=1S/C14H25N3/c1-11-4-3-5-13(8-11)6-7-15-9-14-10-16-17-12(14)2/h10-11,13,15H,3-9H2,1-2H3,(H,16,17). The Morgan fingerprint density at radius 1 is 1.47 bits per heavy atom. The Balaban J connectivity index is 1.61. The first kappa shape index (κ1) is 12.6. The third-order valence-electron chi connectivity index (χ3n) is 4.02. The van der Waals surface area contributed by atoms with Crippen molar-refractivity contribution in [2.45, 2.75) is 52.5 Å². The predicted octanol–water partition coefficient (Wildman–Crippen LogP) is 3.02. The zero-order valence-electron chi connectivity index (χ0n) is 11.1. The Morgan fingerprint density at radius 2 is 2.35 bits per heavy atom. The summed E-state index contributed by atoms with van der Waals surface area (Å²) in [7, 11) is 0. The fourth-order valence-electron chi connectivity index (χ4n) is 2.91. The van der Waals surface area contributed by atoms with E-state index >= 15 is 0 Å². The van der Waals surface area contributed by atoms with Crippen molar-refractivity contribution < 1.29 is 0 Å². The SMILES string of the molecule is Cc1[nH]ncc1CNCCC1CCCC(C)C1. The average Bonchev–Trinajstić information content (AvgIpc) is 2.71. The van der Waals surface area contributed by atoms with E-state index in [0.29, 0.717) is 0 Å². The average molecular weight is 235 g/mol. The second-order valence-electron chi connectivity index (χ2n) is 5.62. The van der Waals surface area contributed by atoms with Crippen molar-refractivity contribution in [2.75, 3.05) is 6.54 Å². The molecule has 0 amide bonds. The molecule has 1 aliphatic carbocycles. The van der Waals surface area contributed by atoms with Gasteiger partial charge in [-0.25, -0.2) is 0 Å². The van der Waals surface area contributed by atoms with Crippen molar-refractivity contribution >= 4 is 0 Å². The monoisotopic (exact) mass is 235 g/mol. The molecule has 1 heterocycles. The lowest BCUT2D eigenvalue weighted by atomic mass is 9.81. The smallest absolute Gasteiger partial charge is 0.0535 e. The van der Waals surface area contributed by atoms with Crippen LogP contribution >= 0.6 is 0 Å². The molecular weight excluding hydrogens is 210 g/mol. The topological polar surface area (TPSA) is 40.7 Å². The van der Waals surface area contributed by atoms with E-state index in [9.17, 15) is 0 Å². The van der Waals surface area contributed by atoms with E-state index in [4.69, 9.17) is 0 Å². The first-order valence-corrected chi connectivity index (χ1v) is 6.95. The molecule has 3 nitrogen and oxygen atoms in total. The van der Waals surface area contributed by atoms with Gasteiger partial charge in [0.2, 0.25) is 0 Å². The highest BCUT2D eigenvalue weighted by molar-refractivity contribution is 5.13. The van der Waals surface area contributed by atoms with Crippen molar-refractivity contribution in [3.63, 3.8) is 0 Å². The van der Waals surface area contributed by atoms with E-state index in [1.807, 2.05) is 6.20 Å². The quantitative estimate of drug-likeness (QED) is 0.770. The van der Waals surface area contributed by atoms with Gasteiger partial charge in [0, 0.05) is 17.8 Å². The first-order valence-electron chi connectivity index (χ1n) is 6.95. The maximum Gasteiger partial charge on any atom is 0.0535 e. The zero-order chi connectivity index (χ0) is 12.1. The molecule has 1 aromatic heterocycles. The number of H-pyrrole nitrogens is 1. The fraction of sp³-hybridized carbons (Fsp3) is 0.786. The van der Waals surface area contributed by atoms with Crippen molar-refractivity contribution in [1.29, 1.82) is 0 Å². The number of nitrogens with zero attached hydrogens (tertiary/aromatic N) is 1. The summed E-state index contributed by atoms with van der Waals surface area (Å²) in [5.41, 5.74) is 2.48. The normalized spacial score (nSPS) is 25.1. The van der Waals surface area contributed by atoms with Crippen LogP contribution in [-0.4, -0.2) is 16.7 Å². The molecule has 0 radical (unpaired) electrons. The molecule has 0 spiro atoms. The van der Waals surface area contributed by atoms with Crippen molar-refractivity contribution in [2.24, 2.45) is 11.8 Å². The van der Waals surface area contributed by atoms with Gasteiger partial charge >= 0.3 is 0 Å². The lowest BCUT2D eigenvalue weighted by Gasteiger charge is -2.26. The van der Waals surface area contributed by atoms with Crippen LogP contribution in [0.2, 0.25) is 0 Å². The van der Waals surface area contributed by atoms with E-state index < -0.39 is 0 Å². The molecule has 2 atom stereocenters. The van der Waals surface area contributed by atoms with E-state index in [0.717, 1.165) is 24.9 Å². The lowest BCUT2D eigenvalue weighted by molar-refractivity contribution is 0.267. The van der Waals surface area contributed by atoms with Crippen molar-refractivity contribution in [1.82, 2.24) is 15.5 Å². The Hall–Kier alpha value is -0.830. The van der Waals surface area contributed by atoms with Crippen molar-refractivity contribution in [3.05, 3.63) is 17.5 Å². The van der Waals surface area contributed by atoms with Gasteiger partial charge in [0.05, 0.1) is 6.20 Å². The Bertz CT molecular complexity index is 332. The summed E-state index contributed by atoms with van der Waals surface area (Å²) in [6.45, 7) is 6.56. The molecule has 0 bridgehead atoms. The summed E-state index contributed by atoms with van der Waals surface area (Å²) in [5, 5.41) is 10.5. The van der Waals surface area contributed by atoms with Crippen LogP contribution < -0.4 is 5.32 Å². The van der Waals surface area contributed by atoms with E-state index in [1.165, 1.54) is 43.4 Å². The highest BCUT2D eigenvalue weighted by Gasteiger charge is 2.18. The van der Waals surface area contributed by atoms with Gasteiger partial charge in [0.15, 0.2) is 0 Å². The molecule has 2 unspecified atom stereocenters. The fourth-order valence-corrected chi connectivity index (χ4v) is 2.91. The Labute approximate surface area is 104 Å². The minimum atomic E-state index is 0.949. The molecule has 1 saturated carbocycles. The van der Waals surface area contributed by atoms with Crippen LogP contribution in [0.3, 0.4) is 0 Å². The molecule has 0 aliphatic heterocycles. The molecule has 1 fully saturated rings. The third-order valence-corrected chi connectivity index (χ3v) is 4.02. The summed E-state index contributed by atoms with van der Waals surface area (Å²) in [6.07, 6.45) is 9.01. The Morgan fingerprint density at radius 3 is 3.06 bits per heavy atom. The van der Waals surface area contributed by atoms with Gasteiger partial charge in [-0.05, 0) is 38.1 Å². The number of aromatic nitrogens is 2. The number of rotatable bonds is 5. The van der Waals surface area contributed by atoms with Gasteiger partial charge in [-0.1, -0.05) is 26.2 Å². The van der Waals surface area contributed by atoms with Crippen LogP contribution in [0.5, 0.6) is 0 Å². The Kier molecular flexibility index (Phi) is 4.60. The maximum absolute atomic E-state index is 4.04. The number of hydrogen-bond donors (Lipinski definition) is 2. The van der Waals surface area contributed by atoms with Crippen molar-refractivity contribution in [3.8, 4) is 0 Å². The predicted molar refractivity (Wildman–Crippen MR) is 70.8 cm³/mol. The summed E-state index contributed by atoms with van der Waals surface area (Å²) in [6, 6.07) is 0. The second kappa shape index (κ2) is 6.20. The number of aryl methyl sites for hydroxylation is 1. The number of hydrogen-bond acceptors (Lipinski definition) is 2. The molecule has 17 heavy (non-hydrogen) atoms. The van der Waals surface area contributed by atoms with Gasteiger partial charge in [0.25, 0.3) is 0 Å². The number of nitrogens with one attached hydrogen (secondary N) is 2. The summed E-state index contributed by atoms with van der Waals surface area (Å²) >= 11 is 0. The first-order chi connectivity index (χ1) is 8.25. The minimum absolute atomic E-state index is 0.949. The molecule has 3 heteroatoms. The summed E-state index contributed by atoms with van der Waals surface area (Å²) < 4.78 is 0. The molecule has 1 aliphatic rings. The zero-order valence-corrected chi connectivity index (χ0v) is 11.1. The van der Waals surface area contributed by atoms with Crippen LogP contribution in [0.15, 0.2) is 6.20 Å².